The summed E-state index contributed by atoms with van der Waals surface area (Å²) in [6, 6.07) is 0. The molecule has 152 valence electrons. The molecule has 9 nitrogen and oxygen atoms in total. The minimum absolute atomic E-state index is 0.0312. The van der Waals surface area contributed by atoms with Crippen molar-refractivity contribution >= 4 is 17.7 Å². The zero-order valence-corrected chi connectivity index (χ0v) is 16.4. The first kappa shape index (κ1) is 18.9. The van der Waals surface area contributed by atoms with Crippen molar-refractivity contribution < 1.29 is 19.1 Å². The summed E-state index contributed by atoms with van der Waals surface area (Å²) in [5.74, 6) is 0.146. The van der Waals surface area contributed by atoms with E-state index in [0.717, 1.165) is 25.0 Å². The lowest BCUT2D eigenvalue weighted by Crippen LogP contribution is -2.50. The monoisotopic (exact) mass is 389 g/mol. The average Bonchev–Trinajstić information content (AvgIpc) is 3.13. The van der Waals surface area contributed by atoms with Gasteiger partial charge in [-0.2, -0.15) is 0 Å². The number of ether oxygens (including phenoxy) is 1. The fourth-order valence-corrected chi connectivity index (χ4v) is 4.16. The van der Waals surface area contributed by atoms with Gasteiger partial charge >= 0.3 is 0 Å². The van der Waals surface area contributed by atoms with E-state index in [0.29, 0.717) is 70.5 Å². The van der Waals surface area contributed by atoms with Gasteiger partial charge in [0.1, 0.15) is 5.69 Å². The van der Waals surface area contributed by atoms with Crippen LogP contribution in [0, 0.1) is 0 Å². The third-order valence-corrected chi connectivity index (χ3v) is 5.82. The topological polar surface area (TPSA) is 88.0 Å². The molecular weight excluding hydrogens is 362 g/mol. The molecule has 3 amide bonds. The number of rotatable bonds is 2. The van der Waals surface area contributed by atoms with Crippen molar-refractivity contribution in [1.82, 2.24) is 24.3 Å². The van der Waals surface area contributed by atoms with Gasteiger partial charge in [0.2, 0.25) is 5.91 Å². The normalized spacial score (nSPS) is 20.1. The van der Waals surface area contributed by atoms with E-state index in [1.54, 1.807) is 21.6 Å². The van der Waals surface area contributed by atoms with E-state index in [9.17, 15) is 14.4 Å². The molecule has 3 aliphatic heterocycles. The van der Waals surface area contributed by atoms with E-state index in [4.69, 9.17) is 4.74 Å². The van der Waals surface area contributed by atoms with Gasteiger partial charge in [-0.25, -0.2) is 4.98 Å². The number of imidazole rings is 1. The highest BCUT2D eigenvalue weighted by molar-refractivity contribution is 5.97. The molecule has 0 saturated carbocycles. The third kappa shape index (κ3) is 3.50. The summed E-state index contributed by atoms with van der Waals surface area (Å²) in [6.07, 6.45) is 2.75. The van der Waals surface area contributed by atoms with Gasteiger partial charge in [0.25, 0.3) is 11.8 Å². The Morgan fingerprint density at radius 2 is 1.46 bits per heavy atom. The Kier molecular flexibility index (Phi) is 5.34. The maximum atomic E-state index is 13.2. The summed E-state index contributed by atoms with van der Waals surface area (Å²) in [4.78, 5) is 47.5. The lowest BCUT2D eigenvalue weighted by Gasteiger charge is -2.34. The lowest BCUT2D eigenvalue weighted by molar-refractivity contribution is -0.130. The van der Waals surface area contributed by atoms with Crippen molar-refractivity contribution in [2.75, 3.05) is 52.5 Å². The highest BCUT2D eigenvalue weighted by atomic mass is 16.5. The zero-order chi connectivity index (χ0) is 19.7. The first-order valence-electron chi connectivity index (χ1n) is 10.1. The first-order valence-corrected chi connectivity index (χ1v) is 10.1. The Balaban J connectivity index is 1.57. The molecule has 0 unspecified atom stereocenters. The first-order chi connectivity index (χ1) is 13.6. The molecule has 1 aromatic heterocycles. The molecule has 0 aromatic carbocycles. The Morgan fingerprint density at radius 3 is 2.14 bits per heavy atom. The number of aromatic nitrogens is 2. The van der Waals surface area contributed by atoms with Crippen LogP contribution in [0.3, 0.4) is 0 Å². The quantitative estimate of drug-likeness (QED) is 0.710. The summed E-state index contributed by atoms with van der Waals surface area (Å²) < 4.78 is 7.28. The zero-order valence-electron chi connectivity index (χ0n) is 16.4. The lowest BCUT2D eigenvalue weighted by atomic mass is 10.1. The minimum atomic E-state index is -0.146. The number of hydrogen-bond acceptors (Lipinski definition) is 5. The number of carbonyl (C=O) groups excluding carboxylic acids is 3. The number of fused-ring (bicyclic) bond motifs is 1. The molecule has 28 heavy (non-hydrogen) atoms. The van der Waals surface area contributed by atoms with Crippen LogP contribution in [-0.4, -0.2) is 94.5 Å². The molecule has 1 aromatic rings. The molecule has 0 atom stereocenters. The van der Waals surface area contributed by atoms with Crippen LogP contribution in [-0.2, 0) is 22.5 Å². The number of piperazine rings is 1. The Morgan fingerprint density at radius 1 is 0.821 bits per heavy atom. The second-order valence-electron chi connectivity index (χ2n) is 7.54. The van der Waals surface area contributed by atoms with E-state index in [1.165, 1.54) is 0 Å². The van der Waals surface area contributed by atoms with Gasteiger partial charge in [0, 0.05) is 52.7 Å². The van der Waals surface area contributed by atoms with Crippen molar-refractivity contribution in [3.8, 4) is 0 Å². The molecule has 0 spiro atoms. The van der Waals surface area contributed by atoms with Gasteiger partial charge in [0.15, 0.2) is 5.82 Å². The van der Waals surface area contributed by atoms with Crippen molar-refractivity contribution in [2.24, 2.45) is 0 Å². The Bertz CT molecular complexity index is 776. The molecule has 9 heteroatoms. The van der Waals surface area contributed by atoms with Gasteiger partial charge in [-0.1, -0.05) is 0 Å². The van der Waals surface area contributed by atoms with Crippen molar-refractivity contribution in [3.63, 3.8) is 0 Å². The summed E-state index contributed by atoms with van der Waals surface area (Å²) in [7, 11) is 0. The molecule has 0 aliphatic carbocycles. The molecule has 3 aliphatic rings. The number of hydrogen-bond donors (Lipinski definition) is 0. The van der Waals surface area contributed by atoms with Crippen LogP contribution < -0.4 is 0 Å². The third-order valence-electron chi connectivity index (χ3n) is 5.82. The summed E-state index contributed by atoms with van der Waals surface area (Å²) >= 11 is 0. The summed E-state index contributed by atoms with van der Waals surface area (Å²) in [5.41, 5.74) is 1.31. The number of carbonyl (C=O) groups is 3. The number of morpholine rings is 1. The fourth-order valence-electron chi connectivity index (χ4n) is 4.16. The SMILES string of the molecule is CC(=O)N1CCN(C(=O)c2nc(C(=O)N3CCOCC3)c3n2CCCC3)CC1. The Hall–Kier alpha value is -2.42. The molecule has 0 N–H and O–H groups in total. The van der Waals surface area contributed by atoms with Crippen molar-refractivity contribution in [1.29, 1.82) is 0 Å². The predicted molar refractivity (Wildman–Crippen MR) is 100 cm³/mol. The maximum absolute atomic E-state index is 13.2. The van der Waals surface area contributed by atoms with Crippen LogP contribution >= 0.6 is 0 Å². The van der Waals surface area contributed by atoms with Crippen molar-refractivity contribution in [2.45, 2.75) is 32.7 Å². The van der Waals surface area contributed by atoms with Crippen LogP contribution in [0.2, 0.25) is 0 Å². The second-order valence-corrected chi connectivity index (χ2v) is 7.54. The molecule has 4 rings (SSSR count). The van der Waals surface area contributed by atoms with Gasteiger partial charge in [-0.15, -0.1) is 0 Å². The molecular formula is C19H27N5O4. The molecule has 0 radical (unpaired) electrons. The fraction of sp³-hybridized carbons (Fsp3) is 0.684. The van der Waals surface area contributed by atoms with Gasteiger partial charge in [-0.3, -0.25) is 14.4 Å². The Labute approximate surface area is 164 Å². The minimum Gasteiger partial charge on any atom is -0.378 e. The smallest absolute Gasteiger partial charge is 0.290 e. The predicted octanol–water partition coefficient (Wildman–Crippen LogP) is -0.00390. The number of nitrogens with zero attached hydrogens (tertiary/aromatic N) is 5. The maximum Gasteiger partial charge on any atom is 0.290 e. The van der Waals surface area contributed by atoms with Crippen LogP contribution in [0.5, 0.6) is 0 Å². The standard InChI is InChI=1S/C19H27N5O4/c1-14(25)21-6-8-22(9-7-21)19(27)17-20-16(15-4-2-3-5-24(15)17)18(26)23-10-12-28-13-11-23/h2-13H2,1H3. The molecule has 2 saturated heterocycles. The van der Waals surface area contributed by atoms with Crippen LogP contribution in [0.4, 0.5) is 0 Å². The summed E-state index contributed by atoms with van der Waals surface area (Å²) in [5, 5.41) is 0. The van der Waals surface area contributed by atoms with E-state index in [2.05, 4.69) is 4.98 Å². The second kappa shape index (κ2) is 7.90. The van der Waals surface area contributed by atoms with Gasteiger partial charge in [-0.05, 0) is 19.3 Å². The largest absolute Gasteiger partial charge is 0.378 e. The average molecular weight is 389 g/mol. The number of amides is 3. The van der Waals surface area contributed by atoms with Crippen molar-refractivity contribution in [3.05, 3.63) is 17.2 Å². The van der Waals surface area contributed by atoms with Gasteiger partial charge in [0.05, 0.1) is 18.9 Å². The van der Waals surface area contributed by atoms with E-state index in [-0.39, 0.29) is 17.7 Å². The van der Waals surface area contributed by atoms with E-state index < -0.39 is 0 Å². The van der Waals surface area contributed by atoms with Crippen LogP contribution in [0.1, 0.15) is 46.6 Å². The summed E-state index contributed by atoms with van der Waals surface area (Å²) in [6.45, 7) is 6.51. The highest BCUT2D eigenvalue weighted by Crippen LogP contribution is 2.24. The molecule has 2 fully saturated rings. The molecule has 0 bridgehead atoms. The molecule has 4 heterocycles. The highest BCUT2D eigenvalue weighted by Gasteiger charge is 2.33. The van der Waals surface area contributed by atoms with Crippen LogP contribution in [0.15, 0.2) is 0 Å². The van der Waals surface area contributed by atoms with E-state index >= 15 is 0 Å². The van der Waals surface area contributed by atoms with Crippen LogP contribution in [0.25, 0.3) is 0 Å². The van der Waals surface area contributed by atoms with Gasteiger partial charge < -0.3 is 24.0 Å². The van der Waals surface area contributed by atoms with E-state index in [1.807, 2.05) is 4.57 Å².